The smallest absolute Gasteiger partial charge is 0.350 e. The van der Waals surface area contributed by atoms with Crippen LogP contribution in [0.5, 0.6) is 0 Å². The average molecular weight is 410 g/mol. The fourth-order valence-electron chi connectivity index (χ4n) is 2.96. The number of carbonyl (C=O) groups is 2. The molecule has 3 rings (SSSR count). The number of thiazole rings is 1. The third kappa shape index (κ3) is 4.86. The summed E-state index contributed by atoms with van der Waals surface area (Å²) >= 11 is 1.21. The number of aromatic nitrogens is 2. The maximum atomic E-state index is 12.5. The maximum Gasteiger partial charge on any atom is 0.350 e. The summed E-state index contributed by atoms with van der Waals surface area (Å²) < 4.78 is 5.24. The highest BCUT2D eigenvalue weighted by Gasteiger charge is 2.19. The monoisotopic (exact) mass is 409 g/mol. The molecule has 2 heterocycles. The largest absolute Gasteiger partial charge is 0.451 e. The maximum absolute atomic E-state index is 12.5. The van der Waals surface area contributed by atoms with Crippen LogP contribution in [-0.4, -0.2) is 28.5 Å². The van der Waals surface area contributed by atoms with Gasteiger partial charge in [-0.3, -0.25) is 9.78 Å². The highest BCUT2D eigenvalue weighted by atomic mass is 32.1. The molecule has 2 aromatic heterocycles. The van der Waals surface area contributed by atoms with Crippen LogP contribution >= 0.6 is 11.3 Å². The summed E-state index contributed by atoms with van der Waals surface area (Å²) in [6.45, 7) is 5.47. The Morgan fingerprint density at radius 2 is 1.79 bits per heavy atom. The van der Waals surface area contributed by atoms with E-state index in [1.807, 2.05) is 50.2 Å². The number of hydrogen-bond donors (Lipinski definition) is 1. The number of hydrogen-bond acceptors (Lipinski definition) is 6. The van der Waals surface area contributed by atoms with E-state index in [0.29, 0.717) is 21.3 Å². The molecule has 6 nitrogen and oxygen atoms in total. The van der Waals surface area contributed by atoms with Crippen molar-refractivity contribution in [1.82, 2.24) is 9.97 Å². The van der Waals surface area contributed by atoms with Gasteiger partial charge in [0.05, 0.1) is 11.4 Å². The Hall–Kier alpha value is -3.06. The first-order valence-electron chi connectivity index (χ1n) is 9.50. The Bertz CT molecular complexity index is 993. The van der Waals surface area contributed by atoms with Crippen LogP contribution in [0.15, 0.2) is 42.6 Å². The summed E-state index contributed by atoms with van der Waals surface area (Å²) in [4.78, 5) is 33.9. The second-order valence-corrected chi connectivity index (χ2v) is 7.43. The van der Waals surface area contributed by atoms with Crippen molar-refractivity contribution in [2.24, 2.45) is 0 Å². The molecule has 0 aliphatic rings. The number of rotatable bonds is 7. The molecule has 29 heavy (non-hydrogen) atoms. The van der Waals surface area contributed by atoms with Gasteiger partial charge >= 0.3 is 5.97 Å². The predicted molar refractivity (Wildman–Crippen MR) is 114 cm³/mol. The molecule has 0 spiro atoms. The van der Waals surface area contributed by atoms with Gasteiger partial charge in [-0.1, -0.05) is 38.1 Å². The minimum absolute atomic E-state index is 0.351. The SMILES string of the molecule is CCc1cccc(CC)c1NC(=O)COC(=O)c1sc(-c2ccccn2)nc1C. The Labute approximate surface area is 174 Å². The number of para-hydroxylation sites is 1. The standard InChI is InChI=1S/C22H23N3O3S/c1-4-15-9-8-10-16(5-2)19(15)25-18(26)13-28-22(27)20-14(3)24-21(29-20)17-11-6-7-12-23-17/h6-12H,4-5,13H2,1-3H3,(H,25,26). The van der Waals surface area contributed by atoms with Gasteiger partial charge in [-0.2, -0.15) is 0 Å². The van der Waals surface area contributed by atoms with Crippen molar-refractivity contribution >= 4 is 28.9 Å². The van der Waals surface area contributed by atoms with E-state index in [9.17, 15) is 9.59 Å². The minimum Gasteiger partial charge on any atom is -0.451 e. The third-order valence-corrected chi connectivity index (χ3v) is 5.62. The molecular formula is C22H23N3O3S. The normalized spacial score (nSPS) is 10.6. The fourth-order valence-corrected chi connectivity index (χ4v) is 3.90. The van der Waals surface area contributed by atoms with Gasteiger partial charge in [0, 0.05) is 11.9 Å². The van der Waals surface area contributed by atoms with Gasteiger partial charge in [0.1, 0.15) is 9.88 Å². The molecule has 0 fully saturated rings. The number of amides is 1. The van der Waals surface area contributed by atoms with Crippen molar-refractivity contribution in [2.75, 3.05) is 11.9 Å². The van der Waals surface area contributed by atoms with Gasteiger partial charge in [0.25, 0.3) is 5.91 Å². The first kappa shape index (κ1) is 20.7. The summed E-state index contributed by atoms with van der Waals surface area (Å²) in [6, 6.07) is 11.5. The fraction of sp³-hybridized carbons (Fsp3) is 0.273. The summed E-state index contributed by atoms with van der Waals surface area (Å²) in [6.07, 6.45) is 3.28. The number of ether oxygens (including phenoxy) is 1. The first-order valence-corrected chi connectivity index (χ1v) is 10.3. The Morgan fingerprint density at radius 1 is 1.07 bits per heavy atom. The predicted octanol–water partition coefficient (Wildman–Crippen LogP) is 4.43. The summed E-state index contributed by atoms with van der Waals surface area (Å²) in [5.74, 6) is -0.919. The van der Waals surface area contributed by atoms with Crippen LogP contribution in [-0.2, 0) is 22.4 Å². The molecule has 0 saturated carbocycles. The summed E-state index contributed by atoms with van der Waals surface area (Å²) in [7, 11) is 0. The molecule has 0 radical (unpaired) electrons. The van der Waals surface area contributed by atoms with Crippen molar-refractivity contribution in [1.29, 1.82) is 0 Å². The van der Waals surface area contributed by atoms with Gasteiger partial charge in [-0.25, -0.2) is 9.78 Å². The average Bonchev–Trinajstić information content (AvgIpc) is 3.14. The van der Waals surface area contributed by atoms with E-state index in [0.717, 1.165) is 29.7 Å². The lowest BCUT2D eigenvalue weighted by atomic mass is 10.0. The molecule has 0 atom stereocenters. The van der Waals surface area contributed by atoms with Crippen LogP contribution in [0, 0.1) is 6.92 Å². The molecule has 3 aromatic rings. The van der Waals surface area contributed by atoms with E-state index in [1.54, 1.807) is 13.1 Å². The van der Waals surface area contributed by atoms with E-state index in [1.165, 1.54) is 11.3 Å². The zero-order chi connectivity index (χ0) is 20.8. The van der Waals surface area contributed by atoms with Crippen LogP contribution in [0.25, 0.3) is 10.7 Å². The second-order valence-electron chi connectivity index (χ2n) is 6.43. The molecular weight excluding hydrogens is 386 g/mol. The van der Waals surface area contributed by atoms with Crippen LogP contribution in [0.4, 0.5) is 5.69 Å². The van der Waals surface area contributed by atoms with Gasteiger partial charge in [0.15, 0.2) is 6.61 Å². The highest BCUT2D eigenvalue weighted by Crippen LogP contribution is 2.27. The number of nitrogens with one attached hydrogen (secondary N) is 1. The van der Waals surface area contributed by atoms with E-state index in [-0.39, 0.29) is 12.5 Å². The van der Waals surface area contributed by atoms with E-state index in [4.69, 9.17) is 4.74 Å². The molecule has 7 heteroatoms. The molecule has 0 unspecified atom stereocenters. The topological polar surface area (TPSA) is 81.2 Å². The molecule has 1 N–H and O–H groups in total. The number of carbonyl (C=O) groups excluding carboxylic acids is 2. The highest BCUT2D eigenvalue weighted by molar-refractivity contribution is 7.17. The van der Waals surface area contributed by atoms with Gasteiger partial charge in [-0.05, 0) is 43.0 Å². The first-order chi connectivity index (χ1) is 14.0. The van der Waals surface area contributed by atoms with E-state index in [2.05, 4.69) is 15.3 Å². The van der Waals surface area contributed by atoms with Crippen LogP contribution in [0.3, 0.4) is 0 Å². The van der Waals surface area contributed by atoms with Crippen molar-refractivity contribution < 1.29 is 14.3 Å². The van der Waals surface area contributed by atoms with Gasteiger partial charge < -0.3 is 10.1 Å². The Kier molecular flexibility index (Phi) is 6.72. The van der Waals surface area contributed by atoms with Crippen LogP contribution < -0.4 is 5.32 Å². The van der Waals surface area contributed by atoms with Gasteiger partial charge in [-0.15, -0.1) is 11.3 Å². The second kappa shape index (κ2) is 9.43. The quantitative estimate of drug-likeness (QED) is 0.584. The number of esters is 1. The van der Waals surface area contributed by atoms with E-state index >= 15 is 0 Å². The number of nitrogens with zero attached hydrogens (tertiary/aromatic N) is 2. The lowest BCUT2D eigenvalue weighted by Gasteiger charge is -2.14. The molecule has 0 bridgehead atoms. The van der Waals surface area contributed by atoms with Crippen molar-refractivity contribution in [3.63, 3.8) is 0 Å². The number of pyridine rings is 1. The number of aryl methyl sites for hydroxylation is 3. The molecule has 1 aromatic carbocycles. The minimum atomic E-state index is -0.558. The zero-order valence-electron chi connectivity index (χ0n) is 16.7. The summed E-state index contributed by atoms with van der Waals surface area (Å²) in [5.41, 5.74) is 4.18. The summed E-state index contributed by atoms with van der Waals surface area (Å²) in [5, 5.41) is 3.54. The molecule has 150 valence electrons. The van der Waals surface area contributed by atoms with Crippen LogP contribution in [0.2, 0.25) is 0 Å². The lowest BCUT2D eigenvalue weighted by molar-refractivity contribution is -0.119. The van der Waals surface area contributed by atoms with E-state index < -0.39 is 5.97 Å². The number of anilines is 1. The molecule has 0 aliphatic heterocycles. The molecule has 1 amide bonds. The lowest BCUT2D eigenvalue weighted by Crippen LogP contribution is -2.22. The molecule has 0 aliphatic carbocycles. The zero-order valence-corrected chi connectivity index (χ0v) is 17.5. The van der Waals surface area contributed by atoms with Crippen molar-refractivity contribution in [3.8, 4) is 10.7 Å². The molecule has 0 saturated heterocycles. The Balaban J connectivity index is 1.66. The number of benzene rings is 1. The van der Waals surface area contributed by atoms with Crippen molar-refractivity contribution in [3.05, 3.63) is 64.3 Å². The Morgan fingerprint density at radius 3 is 2.41 bits per heavy atom. The third-order valence-electron chi connectivity index (χ3n) is 4.46. The van der Waals surface area contributed by atoms with Gasteiger partial charge in [0.2, 0.25) is 0 Å². The van der Waals surface area contributed by atoms with Crippen LogP contribution in [0.1, 0.15) is 40.3 Å². The van der Waals surface area contributed by atoms with Crippen molar-refractivity contribution in [2.45, 2.75) is 33.6 Å².